The molecule has 0 aromatic heterocycles. The third kappa shape index (κ3) is 3.30. The summed E-state index contributed by atoms with van der Waals surface area (Å²) in [7, 11) is 0. The fraction of sp³-hybridized carbons (Fsp3) is 0.500. The molecule has 2 rings (SSSR count). The molecule has 7 nitrogen and oxygen atoms in total. The summed E-state index contributed by atoms with van der Waals surface area (Å²) in [4.78, 5) is 24.9. The Balaban J connectivity index is 2.37. The summed E-state index contributed by atoms with van der Waals surface area (Å²) in [6.07, 6.45) is 0. The number of hydrogen-bond acceptors (Lipinski definition) is 5. The molecule has 1 aliphatic rings. The number of amides is 1. The van der Waals surface area contributed by atoms with Crippen LogP contribution in [-0.4, -0.2) is 43.1 Å². The van der Waals surface area contributed by atoms with E-state index in [0.717, 1.165) is 5.56 Å². The summed E-state index contributed by atoms with van der Waals surface area (Å²) >= 11 is 0. The molecule has 1 aliphatic heterocycles. The van der Waals surface area contributed by atoms with E-state index >= 15 is 0 Å². The molecule has 0 bridgehead atoms. The minimum absolute atomic E-state index is 0.0474. The van der Waals surface area contributed by atoms with Crippen molar-refractivity contribution < 1.29 is 9.72 Å². The second-order valence-electron chi connectivity index (χ2n) is 5.06. The van der Waals surface area contributed by atoms with Crippen LogP contribution in [0.1, 0.15) is 12.5 Å². The van der Waals surface area contributed by atoms with E-state index < -0.39 is 6.04 Å². The van der Waals surface area contributed by atoms with Crippen LogP contribution in [0.2, 0.25) is 0 Å². The standard InChI is InChI=1S/C14H20N4O3/c1-3-16-14(19)13-9-15-6-7-17(13)11-5-4-10(2)8-12(11)18(20)21/h4-5,8,13,15H,3,6-7,9H2,1-2H3,(H,16,19). The van der Waals surface area contributed by atoms with Gasteiger partial charge in [-0.3, -0.25) is 14.9 Å². The lowest BCUT2D eigenvalue weighted by atomic mass is 10.1. The molecule has 1 aromatic rings. The van der Waals surface area contributed by atoms with Gasteiger partial charge in [0, 0.05) is 32.2 Å². The van der Waals surface area contributed by atoms with E-state index in [1.54, 1.807) is 12.1 Å². The lowest BCUT2D eigenvalue weighted by Crippen LogP contribution is -2.58. The number of nitro groups is 1. The molecule has 0 saturated carbocycles. The first-order chi connectivity index (χ1) is 10.0. The normalized spacial score (nSPS) is 18.4. The van der Waals surface area contributed by atoms with Crippen molar-refractivity contribution in [3.8, 4) is 0 Å². The molecular formula is C14H20N4O3. The summed E-state index contributed by atoms with van der Waals surface area (Å²) < 4.78 is 0. The molecular weight excluding hydrogens is 272 g/mol. The number of carbonyl (C=O) groups is 1. The number of likely N-dealkylation sites (N-methyl/N-ethyl adjacent to an activating group) is 1. The number of anilines is 1. The van der Waals surface area contributed by atoms with Crippen LogP contribution in [0.15, 0.2) is 18.2 Å². The maximum Gasteiger partial charge on any atom is 0.292 e. The third-order valence-electron chi connectivity index (χ3n) is 3.53. The Hall–Kier alpha value is -2.15. The molecule has 0 radical (unpaired) electrons. The van der Waals surface area contributed by atoms with Gasteiger partial charge in [-0.05, 0) is 25.5 Å². The highest BCUT2D eigenvalue weighted by molar-refractivity contribution is 5.87. The predicted octanol–water partition coefficient (Wildman–Crippen LogP) is 0.818. The average molecular weight is 292 g/mol. The number of carbonyl (C=O) groups excluding carboxylic acids is 1. The SMILES string of the molecule is CCNC(=O)C1CNCCN1c1ccc(C)cc1[N+](=O)[O-]. The summed E-state index contributed by atoms with van der Waals surface area (Å²) in [5.74, 6) is -0.112. The first-order valence-electron chi connectivity index (χ1n) is 7.04. The Morgan fingerprint density at radius 1 is 1.57 bits per heavy atom. The van der Waals surface area contributed by atoms with Gasteiger partial charge in [0.25, 0.3) is 5.69 Å². The average Bonchev–Trinajstić information content (AvgIpc) is 2.47. The fourth-order valence-corrected chi connectivity index (χ4v) is 2.54. The molecule has 114 valence electrons. The minimum Gasteiger partial charge on any atom is -0.355 e. The van der Waals surface area contributed by atoms with Crippen molar-refractivity contribution in [2.75, 3.05) is 31.1 Å². The van der Waals surface area contributed by atoms with E-state index in [2.05, 4.69) is 10.6 Å². The summed E-state index contributed by atoms with van der Waals surface area (Å²) in [5.41, 5.74) is 1.38. The maximum atomic E-state index is 12.2. The van der Waals surface area contributed by atoms with Crippen LogP contribution in [0.3, 0.4) is 0 Å². The van der Waals surface area contributed by atoms with Gasteiger partial charge in [0.15, 0.2) is 0 Å². The quantitative estimate of drug-likeness (QED) is 0.633. The maximum absolute atomic E-state index is 12.2. The molecule has 1 heterocycles. The molecule has 1 atom stereocenters. The van der Waals surface area contributed by atoms with E-state index in [1.165, 1.54) is 0 Å². The monoisotopic (exact) mass is 292 g/mol. The van der Waals surface area contributed by atoms with Crippen molar-refractivity contribution >= 4 is 17.3 Å². The number of nitro benzene ring substituents is 1. The van der Waals surface area contributed by atoms with Gasteiger partial charge in [-0.15, -0.1) is 0 Å². The summed E-state index contributed by atoms with van der Waals surface area (Å²) in [6.45, 7) is 5.95. The first kappa shape index (κ1) is 15.2. The van der Waals surface area contributed by atoms with E-state index in [1.807, 2.05) is 24.8 Å². The number of benzene rings is 1. The van der Waals surface area contributed by atoms with Crippen molar-refractivity contribution in [2.24, 2.45) is 0 Å². The summed E-state index contributed by atoms with van der Waals surface area (Å²) in [5, 5.41) is 17.2. The zero-order valence-corrected chi connectivity index (χ0v) is 12.3. The molecule has 0 aliphatic carbocycles. The van der Waals surface area contributed by atoms with Gasteiger partial charge < -0.3 is 15.5 Å². The molecule has 2 N–H and O–H groups in total. The van der Waals surface area contributed by atoms with Crippen LogP contribution >= 0.6 is 0 Å². The zero-order valence-electron chi connectivity index (χ0n) is 12.3. The van der Waals surface area contributed by atoms with Crippen molar-refractivity contribution in [1.82, 2.24) is 10.6 Å². The second kappa shape index (κ2) is 6.53. The minimum atomic E-state index is -0.430. The number of piperazine rings is 1. The van der Waals surface area contributed by atoms with Gasteiger partial charge in [0.05, 0.1) is 4.92 Å². The fourth-order valence-electron chi connectivity index (χ4n) is 2.54. The number of nitrogens with one attached hydrogen (secondary N) is 2. The van der Waals surface area contributed by atoms with E-state index in [0.29, 0.717) is 31.9 Å². The van der Waals surface area contributed by atoms with Crippen LogP contribution in [0.25, 0.3) is 0 Å². The molecule has 1 amide bonds. The zero-order chi connectivity index (χ0) is 15.4. The van der Waals surface area contributed by atoms with Gasteiger partial charge in [-0.1, -0.05) is 6.07 Å². The van der Waals surface area contributed by atoms with Gasteiger partial charge in [-0.25, -0.2) is 0 Å². The summed E-state index contributed by atoms with van der Waals surface area (Å²) in [6, 6.07) is 4.68. The van der Waals surface area contributed by atoms with Gasteiger partial charge in [0.2, 0.25) is 5.91 Å². The van der Waals surface area contributed by atoms with E-state index in [-0.39, 0.29) is 16.5 Å². The second-order valence-corrected chi connectivity index (χ2v) is 5.06. The Morgan fingerprint density at radius 3 is 3.00 bits per heavy atom. The first-order valence-corrected chi connectivity index (χ1v) is 7.04. The number of nitrogens with zero attached hydrogens (tertiary/aromatic N) is 2. The lowest BCUT2D eigenvalue weighted by molar-refractivity contribution is -0.384. The molecule has 1 aromatic carbocycles. The highest BCUT2D eigenvalue weighted by atomic mass is 16.6. The van der Waals surface area contributed by atoms with Crippen LogP contribution in [0, 0.1) is 17.0 Å². The lowest BCUT2D eigenvalue weighted by Gasteiger charge is -2.36. The Morgan fingerprint density at radius 2 is 2.33 bits per heavy atom. The van der Waals surface area contributed by atoms with Crippen molar-refractivity contribution in [3.05, 3.63) is 33.9 Å². The highest BCUT2D eigenvalue weighted by Crippen LogP contribution is 2.31. The Labute approximate surface area is 123 Å². The third-order valence-corrected chi connectivity index (χ3v) is 3.53. The topological polar surface area (TPSA) is 87.5 Å². The van der Waals surface area contributed by atoms with Gasteiger partial charge in [-0.2, -0.15) is 0 Å². The number of rotatable bonds is 4. The van der Waals surface area contributed by atoms with E-state index in [9.17, 15) is 14.9 Å². The molecule has 7 heteroatoms. The molecule has 1 unspecified atom stereocenters. The van der Waals surface area contributed by atoms with Crippen LogP contribution in [0.5, 0.6) is 0 Å². The highest BCUT2D eigenvalue weighted by Gasteiger charge is 2.32. The Kier molecular flexibility index (Phi) is 4.74. The smallest absolute Gasteiger partial charge is 0.292 e. The van der Waals surface area contributed by atoms with Crippen LogP contribution < -0.4 is 15.5 Å². The molecule has 1 fully saturated rings. The predicted molar refractivity (Wildman–Crippen MR) is 80.5 cm³/mol. The molecule has 1 saturated heterocycles. The van der Waals surface area contributed by atoms with Crippen LogP contribution in [0.4, 0.5) is 11.4 Å². The van der Waals surface area contributed by atoms with E-state index in [4.69, 9.17) is 0 Å². The van der Waals surface area contributed by atoms with Crippen LogP contribution in [-0.2, 0) is 4.79 Å². The number of aryl methyl sites for hydroxylation is 1. The molecule has 21 heavy (non-hydrogen) atoms. The van der Waals surface area contributed by atoms with Gasteiger partial charge in [0.1, 0.15) is 11.7 Å². The van der Waals surface area contributed by atoms with Crippen molar-refractivity contribution in [2.45, 2.75) is 19.9 Å². The molecule has 0 spiro atoms. The van der Waals surface area contributed by atoms with Crippen molar-refractivity contribution in [1.29, 1.82) is 0 Å². The largest absolute Gasteiger partial charge is 0.355 e. The van der Waals surface area contributed by atoms with Gasteiger partial charge >= 0.3 is 0 Å². The Bertz CT molecular complexity index is 547. The van der Waals surface area contributed by atoms with Crippen molar-refractivity contribution in [3.63, 3.8) is 0 Å². The number of hydrogen-bond donors (Lipinski definition) is 2.